The van der Waals surface area contributed by atoms with E-state index in [0.29, 0.717) is 17.7 Å². The van der Waals surface area contributed by atoms with Gasteiger partial charge in [-0.15, -0.1) is 6.58 Å². The van der Waals surface area contributed by atoms with E-state index in [1.165, 1.54) is 6.42 Å². The number of hydrogen-bond acceptors (Lipinski definition) is 5. The number of piperidine rings is 3. The lowest BCUT2D eigenvalue weighted by Crippen LogP contribution is -2.54. The molecule has 3 aliphatic rings. The number of hydrogen-bond donors (Lipinski definition) is 2. The number of benzene rings is 1. The van der Waals surface area contributed by atoms with Crippen molar-refractivity contribution in [1.29, 1.82) is 0 Å². The van der Waals surface area contributed by atoms with E-state index in [4.69, 9.17) is 10.5 Å². The topological polar surface area (TPSA) is 71.6 Å². The van der Waals surface area contributed by atoms with Gasteiger partial charge in [0, 0.05) is 18.0 Å². The van der Waals surface area contributed by atoms with Crippen molar-refractivity contribution in [2.75, 3.05) is 25.9 Å². The summed E-state index contributed by atoms with van der Waals surface area (Å²) in [6.07, 6.45) is 3.66. The normalized spacial score (nSPS) is 29.5. The van der Waals surface area contributed by atoms with Crippen LogP contribution in [0.25, 0.3) is 10.9 Å². The minimum Gasteiger partial charge on any atom is -0.497 e. The first-order valence-electron chi connectivity index (χ1n) is 8.89. The van der Waals surface area contributed by atoms with Gasteiger partial charge in [-0.25, -0.2) is 4.98 Å². The molecule has 2 unspecified atom stereocenters. The molecule has 5 rings (SSSR count). The maximum atomic E-state index is 11.2. The molecule has 132 valence electrons. The quantitative estimate of drug-likeness (QED) is 0.838. The second-order valence-corrected chi connectivity index (χ2v) is 7.21. The number of aliphatic hydroxyl groups excluding tert-OH is 1. The number of pyridine rings is 1. The molecule has 0 amide bonds. The molecule has 1 aromatic heterocycles. The molecule has 0 spiro atoms. The number of rotatable bonds is 4. The minimum atomic E-state index is -0.589. The van der Waals surface area contributed by atoms with Crippen LogP contribution in [0.5, 0.6) is 5.75 Å². The SMILES string of the molecule is C=C[C@H]1CN2CCC1C[C@H]2[C@H](O)c1cc(N)nc2ccc(OC)cc12. The summed E-state index contributed by atoms with van der Waals surface area (Å²) in [6.45, 7) is 6.00. The summed E-state index contributed by atoms with van der Waals surface area (Å²) in [5.74, 6) is 2.34. The fourth-order valence-electron chi connectivity index (χ4n) is 4.54. The molecule has 2 aromatic rings. The van der Waals surface area contributed by atoms with Crippen LogP contribution >= 0.6 is 0 Å². The Hall–Kier alpha value is -2.11. The smallest absolute Gasteiger partial charge is 0.124 e. The Morgan fingerprint density at radius 1 is 1.44 bits per heavy atom. The Labute approximate surface area is 148 Å². The molecule has 0 aliphatic carbocycles. The second kappa shape index (κ2) is 6.32. The molecule has 3 fully saturated rings. The van der Waals surface area contributed by atoms with E-state index in [1.54, 1.807) is 13.2 Å². The number of aliphatic hydroxyl groups is 1. The Morgan fingerprint density at radius 3 is 2.96 bits per heavy atom. The molecule has 4 heterocycles. The van der Waals surface area contributed by atoms with E-state index in [1.807, 2.05) is 18.2 Å². The third-order valence-corrected chi connectivity index (χ3v) is 5.90. The van der Waals surface area contributed by atoms with Gasteiger partial charge in [-0.1, -0.05) is 6.08 Å². The standard InChI is InChI=1S/C20H25N3O2/c1-3-12-11-23-7-6-13(12)8-18(23)20(24)16-10-19(21)22-17-5-4-14(25-2)9-15(16)17/h3-5,9-10,12-13,18,20,24H,1,6-8,11H2,2H3,(H2,21,22)/t12-,13?,18-,20+/m0/s1. The van der Waals surface area contributed by atoms with Crippen molar-refractivity contribution in [3.63, 3.8) is 0 Å². The van der Waals surface area contributed by atoms with E-state index < -0.39 is 6.10 Å². The van der Waals surface area contributed by atoms with Crippen LogP contribution in [-0.4, -0.2) is 41.2 Å². The third kappa shape index (κ3) is 2.77. The van der Waals surface area contributed by atoms with Crippen LogP contribution in [0.3, 0.4) is 0 Å². The average Bonchev–Trinajstić information content (AvgIpc) is 2.66. The van der Waals surface area contributed by atoms with Crippen molar-refractivity contribution in [1.82, 2.24) is 9.88 Å². The molecule has 5 heteroatoms. The molecule has 2 bridgehead atoms. The molecular weight excluding hydrogens is 314 g/mol. The molecule has 1 aromatic carbocycles. The van der Waals surface area contributed by atoms with E-state index in [9.17, 15) is 5.11 Å². The first kappa shape index (κ1) is 16.4. The zero-order valence-corrected chi connectivity index (χ0v) is 14.6. The highest BCUT2D eigenvalue weighted by Gasteiger charge is 2.42. The van der Waals surface area contributed by atoms with Crippen LogP contribution < -0.4 is 10.5 Å². The van der Waals surface area contributed by atoms with Crippen LogP contribution in [0.15, 0.2) is 36.9 Å². The van der Waals surface area contributed by atoms with Crippen molar-refractivity contribution in [3.8, 4) is 5.75 Å². The van der Waals surface area contributed by atoms with Gasteiger partial charge in [0.1, 0.15) is 11.6 Å². The average molecular weight is 339 g/mol. The van der Waals surface area contributed by atoms with Crippen molar-refractivity contribution < 1.29 is 9.84 Å². The summed E-state index contributed by atoms with van der Waals surface area (Å²) in [5, 5.41) is 12.1. The largest absolute Gasteiger partial charge is 0.497 e. The first-order chi connectivity index (χ1) is 12.1. The molecule has 0 radical (unpaired) electrons. The summed E-state index contributed by atoms with van der Waals surface area (Å²) in [4.78, 5) is 6.80. The van der Waals surface area contributed by atoms with Crippen molar-refractivity contribution in [3.05, 3.63) is 42.5 Å². The minimum absolute atomic E-state index is 0.117. The lowest BCUT2D eigenvalue weighted by molar-refractivity contribution is -0.0444. The van der Waals surface area contributed by atoms with Crippen LogP contribution in [0, 0.1) is 11.8 Å². The van der Waals surface area contributed by atoms with Gasteiger partial charge in [-0.05, 0) is 61.1 Å². The number of methoxy groups -OCH3 is 1. The number of fused-ring (bicyclic) bond motifs is 4. The van der Waals surface area contributed by atoms with Crippen molar-refractivity contribution in [2.24, 2.45) is 11.8 Å². The fraction of sp³-hybridized carbons (Fsp3) is 0.450. The molecule has 25 heavy (non-hydrogen) atoms. The summed E-state index contributed by atoms with van der Waals surface area (Å²) < 4.78 is 5.35. The molecule has 0 saturated carbocycles. The number of ether oxygens (including phenoxy) is 1. The molecule has 3 aliphatic heterocycles. The van der Waals surface area contributed by atoms with Gasteiger partial charge >= 0.3 is 0 Å². The molecule has 3 saturated heterocycles. The zero-order valence-electron chi connectivity index (χ0n) is 14.6. The van der Waals surface area contributed by atoms with Gasteiger partial charge in [0.25, 0.3) is 0 Å². The number of nitrogen functional groups attached to an aromatic ring is 1. The Bertz CT molecular complexity index is 807. The predicted octanol–water partition coefficient (Wildman–Crippen LogP) is 2.76. The summed E-state index contributed by atoms with van der Waals surface area (Å²) in [6, 6.07) is 7.61. The number of aromatic nitrogens is 1. The van der Waals surface area contributed by atoms with E-state index in [2.05, 4.69) is 22.5 Å². The van der Waals surface area contributed by atoms with E-state index in [0.717, 1.165) is 41.7 Å². The highest BCUT2D eigenvalue weighted by Crippen LogP contribution is 2.42. The lowest BCUT2D eigenvalue weighted by Gasteiger charge is -2.50. The summed E-state index contributed by atoms with van der Waals surface area (Å²) in [5.41, 5.74) is 7.63. The number of anilines is 1. The van der Waals surface area contributed by atoms with Gasteiger partial charge in [0.05, 0.1) is 18.7 Å². The first-order valence-corrected chi connectivity index (χ1v) is 8.89. The molecule has 5 nitrogen and oxygen atoms in total. The van der Waals surface area contributed by atoms with Gasteiger partial charge in [0.2, 0.25) is 0 Å². The van der Waals surface area contributed by atoms with Gasteiger partial charge in [0.15, 0.2) is 0 Å². The van der Waals surface area contributed by atoms with E-state index >= 15 is 0 Å². The van der Waals surface area contributed by atoms with Crippen LogP contribution in [0.1, 0.15) is 24.5 Å². The third-order valence-electron chi connectivity index (χ3n) is 5.90. The monoisotopic (exact) mass is 339 g/mol. The van der Waals surface area contributed by atoms with Crippen LogP contribution in [0.4, 0.5) is 5.82 Å². The Balaban J connectivity index is 1.73. The molecule has 5 atom stereocenters. The zero-order chi connectivity index (χ0) is 17.6. The van der Waals surface area contributed by atoms with Crippen molar-refractivity contribution in [2.45, 2.75) is 25.0 Å². The highest BCUT2D eigenvalue weighted by atomic mass is 16.5. The maximum absolute atomic E-state index is 11.2. The second-order valence-electron chi connectivity index (χ2n) is 7.21. The Morgan fingerprint density at radius 2 is 2.28 bits per heavy atom. The maximum Gasteiger partial charge on any atom is 0.124 e. The van der Waals surface area contributed by atoms with Crippen LogP contribution in [0.2, 0.25) is 0 Å². The van der Waals surface area contributed by atoms with Crippen molar-refractivity contribution >= 4 is 16.7 Å². The lowest BCUT2D eigenvalue weighted by atomic mass is 9.73. The fourth-order valence-corrected chi connectivity index (χ4v) is 4.54. The number of nitrogens with two attached hydrogens (primary N) is 1. The van der Waals surface area contributed by atoms with Gasteiger partial charge in [-0.3, -0.25) is 4.90 Å². The molecular formula is C20H25N3O2. The summed E-state index contributed by atoms with van der Waals surface area (Å²) >= 11 is 0. The highest BCUT2D eigenvalue weighted by molar-refractivity contribution is 5.85. The number of nitrogens with zero attached hydrogens (tertiary/aromatic N) is 2. The molecule has 3 N–H and O–H groups in total. The van der Waals surface area contributed by atoms with E-state index in [-0.39, 0.29) is 6.04 Å². The predicted molar refractivity (Wildman–Crippen MR) is 99.4 cm³/mol. The van der Waals surface area contributed by atoms with Gasteiger partial charge in [-0.2, -0.15) is 0 Å². The Kier molecular flexibility index (Phi) is 4.13. The van der Waals surface area contributed by atoms with Crippen LogP contribution in [-0.2, 0) is 0 Å². The summed E-state index contributed by atoms with van der Waals surface area (Å²) in [7, 11) is 1.64. The van der Waals surface area contributed by atoms with Gasteiger partial charge < -0.3 is 15.6 Å².